The van der Waals surface area contributed by atoms with Gasteiger partial charge in [0.25, 0.3) is 0 Å². The van der Waals surface area contributed by atoms with Crippen molar-refractivity contribution >= 4 is 41.8 Å². The summed E-state index contributed by atoms with van der Waals surface area (Å²) in [6.45, 7) is 12.0. The number of rotatable bonds is 18. The number of aliphatic carboxylic acids is 7. The molecule has 24 N–H and O–H groups in total. The summed E-state index contributed by atoms with van der Waals surface area (Å²) in [5, 5.41) is 81.8. The fourth-order valence-corrected chi connectivity index (χ4v) is 3.14. The molecule has 1 aromatic rings. The molecule has 0 radical (unpaired) electrons. The molecule has 358 valence electrons. The zero-order chi connectivity index (χ0) is 49.7. The lowest BCUT2D eigenvalue weighted by Crippen LogP contribution is -2.39. The predicted molar refractivity (Wildman–Crippen MR) is 224 cm³/mol. The van der Waals surface area contributed by atoms with E-state index in [9.17, 15) is 33.6 Å². The van der Waals surface area contributed by atoms with Crippen LogP contribution in [0.15, 0.2) is 30.3 Å². The van der Waals surface area contributed by atoms with E-state index in [1.54, 1.807) is 0 Å². The average molecular weight is 888 g/mol. The third kappa shape index (κ3) is 51.2. The van der Waals surface area contributed by atoms with Crippen LogP contribution in [0.1, 0.15) is 73.3 Å². The minimum absolute atomic E-state index is 0.357. The van der Waals surface area contributed by atoms with Crippen molar-refractivity contribution in [3.05, 3.63) is 35.9 Å². The molecular weight excluding hydrogens is 814 g/mol. The van der Waals surface area contributed by atoms with Crippen molar-refractivity contribution < 1.29 is 84.6 Å². The van der Waals surface area contributed by atoms with Gasteiger partial charge in [0.05, 0.1) is 19.3 Å². The van der Waals surface area contributed by atoms with E-state index in [2.05, 4.69) is 0 Å². The van der Waals surface area contributed by atoms with Gasteiger partial charge in [-0.3, -0.25) is 33.6 Å². The first kappa shape index (κ1) is 67.9. The standard InChI is InChI=1S/C9H11NO2.3C6H13NO2.C4H9NO3.2C3H7NO3/c10-8(9(11)12)6-7-4-2-1-3-5-7;3*1-4(2)3-5(7)6(8)9;1-2(6)3(5)4(7)8;2*4-2(1-5)3(6)7/h1-5,8H,6,10H2,(H,11,12);3*4-5H,3,7H2,1-2H3,(H,8,9);2-3,6H,5H2,1H3,(H,7,8);2*2,5H,1,4H2,(H,6,7). The van der Waals surface area contributed by atoms with E-state index in [1.807, 2.05) is 71.9 Å². The lowest BCUT2D eigenvalue weighted by molar-refractivity contribution is -0.141. The molecule has 24 nitrogen and oxygen atoms in total. The highest BCUT2D eigenvalue weighted by Gasteiger charge is 2.17. The molecule has 0 fully saturated rings. The molecule has 0 aliphatic heterocycles. The maximum absolute atomic E-state index is 10.4. The van der Waals surface area contributed by atoms with E-state index < -0.39 is 103 Å². The zero-order valence-electron chi connectivity index (χ0n) is 35.9. The quantitative estimate of drug-likeness (QED) is 0.0726. The van der Waals surface area contributed by atoms with E-state index >= 15 is 0 Å². The zero-order valence-corrected chi connectivity index (χ0v) is 35.9. The molecular formula is C37H73N7O17. The van der Waals surface area contributed by atoms with Gasteiger partial charge in [0, 0.05) is 0 Å². The Morgan fingerprint density at radius 1 is 0.426 bits per heavy atom. The highest BCUT2D eigenvalue weighted by atomic mass is 16.4. The number of aliphatic hydroxyl groups is 3. The number of benzene rings is 1. The molecule has 0 aliphatic carbocycles. The van der Waals surface area contributed by atoms with Crippen molar-refractivity contribution in [1.29, 1.82) is 0 Å². The first-order valence-electron chi connectivity index (χ1n) is 18.6. The summed E-state index contributed by atoms with van der Waals surface area (Å²) < 4.78 is 0. The normalized spacial score (nSPS) is 13.9. The van der Waals surface area contributed by atoms with Crippen molar-refractivity contribution in [2.24, 2.45) is 57.9 Å². The second-order valence-corrected chi connectivity index (χ2v) is 14.2. The Balaban J connectivity index is -0.000000146. The molecule has 0 saturated heterocycles. The van der Waals surface area contributed by atoms with Gasteiger partial charge in [0.1, 0.15) is 42.3 Å². The molecule has 24 heteroatoms. The van der Waals surface area contributed by atoms with Gasteiger partial charge in [-0.05, 0) is 55.9 Å². The monoisotopic (exact) mass is 888 g/mol. The number of carbonyl (C=O) groups is 7. The van der Waals surface area contributed by atoms with Gasteiger partial charge in [-0.25, -0.2) is 0 Å². The predicted octanol–water partition coefficient (Wildman–Crippen LogP) is -2.47. The second-order valence-electron chi connectivity index (χ2n) is 14.2. The van der Waals surface area contributed by atoms with Crippen LogP contribution in [-0.4, -0.2) is 154 Å². The van der Waals surface area contributed by atoms with E-state index in [0.29, 0.717) is 43.4 Å². The first-order chi connectivity index (χ1) is 27.7. The van der Waals surface area contributed by atoms with Gasteiger partial charge >= 0.3 is 41.8 Å². The Morgan fingerprint density at radius 2 is 0.672 bits per heavy atom. The number of carboxylic acids is 7. The number of aliphatic hydroxyl groups excluding tert-OH is 3. The smallest absolute Gasteiger partial charge is 0.323 e. The summed E-state index contributed by atoms with van der Waals surface area (Å²) in [7, 11) is 0. The SMILES string of the molecule is CC(C)CC(N)C(=O)O.CC(C)CC(N)C(=O)O.CC(C)CC(N)C(=O)O.CC(O)C(N)C(=O)O.NC(CO)C(=O)O.NC(CO)C(=O)O.NC(Cc1ccccc1)C(=O)O. The van der Waals surface area contributed by atoms with Crippen LogP contribution in [0.25, 0.3) is 0 Å². The minimum atomic E-state index is -1.18. The largest absolute Gasteiger partial charge is 0.480 e. The molecule has 0 aromatic heterocycles. The van der Waals surface area contributed by atoms with Crippen molar-refractivity contribution in [3.63, 3.8) is 0 Å². The molecule has 0 spiro atoms. The lowest BCUT2D eigenvalue weighted by atomic mass is 10.1. The van der Waals surface area contributed by atoms with E-state index in [1.165, 1.54) is 6.92 Å². The third-order valence-corrected chi connectivity index (χ3v) is 6.58. The van der Waals surface area contributed by atoms with Crippen LogP contribution in [-0.2, 0) is 40.0 Å². The fourth-order valence-electron chi connectivity index (χ4n) is 3.14. The highest BCUT2D eigenvalue weighted by molar-refractivity contribution is 5.75. The lowest BCUT2D eigenvalue weighted by Gasteiger charge is -2.07. The van der Waals surface area contributed by atoms with E-state index in [0.717, 1.165) is 5.56 Å². The number of hydrogen-bond donors (Lipinski definition) is 17. The topological polar surface area (TPSA) is 504 Å². The first-order valence-corrected chi connectivity index (χ1v) is 18.6. The molecule has 61 heavy (non-hydrogen) atoms. The highest BCUT2D eigenvalue weighted by Crippen LogP contribution is 2.04. The maximum Gasteiger partial charge on any atom is 0.323 e. The molecule has 0 saturated carbocycles. The molecule has 0 amide bonds. The summed E-state index contributed by atoms with van der Waals surface area (Å²) in [5.74, 6) is -6.16. The third-order valence-electron chi connectivity index (χ3n) is 6.58. The van der Waals surface area contributed by atoms with Gasteiger partial charge in [0.2, 0.25) is 0 Å². The van der Waals surface area contributed by atoms with Gasteiger partial charge in [-0.2, -0.15) is 0 Å². The van der Waals surface area contributed by atoms with Crippen LogP contribution in [0.2, 0.25) is 0 Å². The molecule has 0 heterocycles. The fraction of sp³-hybridized carbons (Fsp3) is 0.649. The minimum Gasteiger partial charge on any atom is -0.480 e. The van der Waals surface area contributed by atoms with Crippen molar-refractivity contribution in [3.8, 4) is 0 Å². The van der Waals surface area contributed by atoms with Crippen molar-refractivity contribution in [2.75, 3.05) is 13.2 Å². The number of carboxylic acid groups (broad SMARTS) is 7. The summed E-state index contributed by atoms with van der Waals surface area (Å²) in [5.41, 5.74) is 36.4. The molecule has 1 aromatic carbocycles. The Hall–Kier alpha value is -4.89. The Bertz CT molecular complexity index is 1260. The Labute approximate surface area is 355 Å². The van der Waals surface area contributed by atoms with Crippen LogP contribution in [0.5, 0.6) is 0 Å². The Kier molecular flexibility index (Phi) is 45.1. The molecule has 0 aliphatic rings. The van der Waals surface area contributed by atoms with Gasteiger partial charge in [-0.1, -0.05) is 71.9 Å². The van der Waals surface area contributed by atoms with Gasteiger partial charge in [0.15, 0.2) is 0 Å². The number of hydrogen-bond acceptors (Lipinski definition) is 17. The van der Waals surface area contributed by atoms with Crippen LogP contribution in [0.3, 0.4) is 0 Å². The van der Waals surface area contributed by atoms with Crippen LogP contribution in [0, 0.1) is 17.8 Å². The van der Waals surface area contributed by atoms with Gasteiger partial charge in [-0.15, -0.1) is 0 Å². The summed E-state index contributed by atoms with van der Waals surface area (Å²) in [6.07, 6.45) is 1.06. The Morgan fingerprint density at radius 3 is 0.787 bits per heavy atom. The molecule has 8 unspecified atom stereocenters. The summed E-state index contributed by atoms with van der Waals surface area (Å²) in [4.78, 5) is 69.9. The number of nitrogens with two attached hydrogens (primary N) is 7. The van der Waals surface area contributed by atoms with Crippen LogP contribution < -0.4 is 40.1 Å². The van der Waals surface area contributed by atoms with E-state index in [-0.39, 0.29) is 0 Å². The van der Waals surface area contributed by atoms with Gasteiger partial charge < -0.3 is 91.2 Å². The molecule has 0 bridgehead atoms. The van der Waals surface area contributed by atoms with Crippen molar-refractivity contribution in [2.45, 2.75) is 123 Å². The van der Waals surface area contributed by atoms with Crippen LogP contribution >= 0.6 is 0 Å². The van der Waals surface area contributed by atoms with Crippen LogP contribution in [0.4, 0.5) is 0 Å². The van der Waals surface area contributed by atoms with E-state index in [4.69, 9.17) is 91.2 Å². The average Bonchev–Trinajstić information content (AvgIpc) is 3.14. The molecule has 8 atom stereocenters. The molecule has 1 rings (SSSR count). The second kappa shape index (κ2) is 40.5. The summed E-state index contributed by atoms with van der Waals surface area (Å²) in [6, 6.07) is 3.07. The van der Waals surface area contributed by atoms with Crippen molar-refractivity contribution in [1.82, 2.24) is 0 Å². The summed E-state index contributed by atoms with van der Waals surface area (Å²) >= 11 is 0. The maximum atomic E-state index is 10.4.